The average molecular weight is 368 g/mol. The van der Waals surface area contributed by atoms with E-state index in [0.717, 1.165) is 57.0 Å². The van der Waals surface area contributed by atoms with E-state index >= 15 is 0 Å². The SMILES string of the molecule is COc1ccccc1N1CCN(CCCCC(=O)c2cccc(O)c2)CC1. The van der Waals surface area contributed by atoms with Crippen LogP contribution in [0.3, 0.4) is 0 Å². The summed E-state index contributed by atoms with van der Waals surface area (Å²) in [5.41, 5.74) is 1.76. The van der Waals surface area contributed by atoms with Gasteiger partial charge in [-0.3, -0.25) is 9.69 Å². The molecule has 1 fully saturated rings. The highest BCUT2D eigenvalue weighted by Crippen LogP contribution is 2.28. The van der Waals surface area contributed by atoms with Crippen LogP contribution in [-0.2, 0) is 0 Å². The van der Waals surface area contributed by atoms with E-state index < -0.39 is 0 Å². The third kappa shape index (κ3) is 5.23. The number of piperazine rings is 1. The highest BCUT2D eigenvalue weighted by atomic mass is 16.5. The summed E-state index contributed by atoms with van der Waals surface area (Å²) in [4.78, 5) is 17.0. The fourth-order valence-corrected chi connectivity index (χ4v) is 3.55. The lowest BCUT2D eigenvalue weighted by Gasteiger charge is -2.36. The normalized spacial score (nSPS) is 14.9. The van der Waals surface area contributed by atoms with Crippen LogP contribution in [0.2, 0.25) is 0 Å². The maximum Gasteiger partial charge on any atom is 0.163 e. The summed E-state index contributed by atoms with van der Waals surface area (Å²) in [5, 5.41) is 9.47. The van der Waals surface area contributed by atoms with Crippen LogP contribution < -0.4 is 9.64 Å². The minimum Gasteiger partial charge on any atom is -0.508 e. The molecule has 144 valence electrons. The van der Waals surface area contributed by atoms with Gasteiger partial charge in [-0.25, -0.2) is 0 Å². The molecule has 0 bridgehead atoms. The van der Waals surface area contributed by atoms with E-state index in [1.165, 1.54) is 0 Å². The number of methoxy groups -OCH3 is 1. The van der Waals surface area contributed by atoms with E-state index in [-0.39, 0.29) is 11.5 Å². The monoisotopic (exact) mass is 368 g/mol. The fraction of sp³-hybridized carbons (Fsp3) is 0.409. The minimum absolute atomic E-state index is 0.104. The standard InChI is InChI=1S/C22H28N2O3/c1-27-22-11-3-2-9-20(22)24-15-13-23(14-16-24)12-5-4-10-21(26)18-7-6-8-19(25)17-18/h2-3,6-9,11,17,25H,4-5,10,12-16H2,1H3. The molecule has 1 aliphatic heterocycles. The fourth-order valence-electron chi connectivity index (χ4n) is 3.55. The molecular weight excluding hydrogens is 340 g/mol. The Morgan fingerprint density at radius 2 is 1.81 bits per heavy atom. The predicted molar refractivity (Wildman–Crippen MR) is 108 cm³/mol. The smallest absolute Gasteiger partial charge is 0.163 e. The molecule has 0 amide bonds. The second-order valence-corrected chi connectivity index (χ2v) is 6.93. The quantitative estimate of drug-likeness (QED) is 0.570. The van der Waals surface area contributed by atoms with Crippen molar-refractivity contribution in [1.82, 2.24) is 4.90 Å². The molecule has 5 nitrogen and oxygen atoms in total. The van der Waals surface area contributed by atoms with Gasteiger partial charge in [-0.1, -0.05) is 24.3 Å². The van der Waals surface area contributed by atoms with Crippen LogP contribution in [0.1, 0.15) is 29.6 Å². The molecule has 3 rings (SSSR count). The zero-order valence-corrected chi connectivity index (χ0v) is 15.9. The molecule has 27 heavy (non-hydrogen) atoms. The number of ether oxygens (including phenoxy) is 1. The summed E-state index contributed by atoms with van der Waals surface area (Å²) >= 11 is 0. The Hall–Kier alpha value is -2.53. The van der Waals surface area contributed by atoms with Crippen molar-refractivity contribution in [3.8, 4) is 11.5 Å². The summed E-state index contributed by atoms with van der Waals surface area (Å²) < 4.78 is 5.47. The Balaban J connectivity index is 1.38. The van der Waals surface area contributed by atoms with Gasteiger partial charge in [0, 0.05) is 38.2 Å². The van der Waals surface area contributed by atoms with Gasteiger partial charge in [-0.15, -0.1) is 0 Å². The van der Waals surface area contributed by atoms with Crippen molar-refractivity contribution >= 4 is 11.5 Å². The first kappa shape index (κ1) is 19.2. The lowest BCUT2D eigenvalue weighted by molar-refractivity contribution is 0.0977. The van der Waals surface area contributed by atoms with E-state index in [4.69, 9.17) is 4.74 Å². The number of hydrogen-bond acceptors (Lipinski definition) is 5. The van der Waals surface area contributed by atoms with Crippen LogP contribution in [0.5, 0.6) is 11.5 Å². The van der Waals surface area contributed by atoms with E-state index in [1.54, 1.807) is 31.4 Å². The summed E-state index contributed by atoms with van der Waals surface area (Å²) in [6.07, 6.45) is 2.42. The number of carbonyl (C=O) groups excluding carboxylic acids is 1. The van der Waals surface area contributed by atoms with E-state index in [9.17, 15) is 9.90 Å². The molecule has 0 saturated carbocycles. The molecule has 2 aromatic rings. The molecule has 0 atom stereocenters. The molecule has 0 spiro atoms. The Bertz CT molecular complexity index is 755. The first-order valence-electron chi connectivity index (χ1n) is 9.60. The number of nitrogens with zero attached hydrogens (tertiary/aromatic N) is 2. The minimum atomic E-state index is 0.104. The number of unbranched alkanes of at least 4 members (excludes halogenated alkanes) is 1. The lowest BCUT2D eigenvalue weighted by Crippen LogP contribution is -2.46. The van der Waals surface area contributed by atoms with Crippen molar-refractivity contribution in [2.24, 2.45) is 0 Å². The van der Waals surface area contributed by atoms with E-state index in [0.29, 0.717) is 12.0 Å². The molecule has 1 saturated heterocycles. The second-order valence-electron chi connectivity index (χ2n) is 6.93. The number of rotatable bonds is 8. The number of Topliss-reactive ketones (excluding diaryl/α,β-unsaturated/α-hetero) is 1. The first-order valence-corrected chi connectivity index (χ1v) is 9.60. The van der Waals surface area contributed by atoms with E-state index in [1.807, 2.05) is 18.2 Å². The maximum atomic E-state index is 12.2. The number of ketones is 1. The molecule has 0 radical (unpaired) electrons. The van der Waals surface area contributed by atoms with Gasteiger partial charge in [0.1, 0.15) is 11.5 Å². The van der Waals surface area contributed by atoms with Gasteiger partial charge in [-0.2, -0.15) is 0 Å². The average Bonchev–Trinajstić information content (AvgIpc) is 2.71. The van der Waals surface area contributed by atoms with Crippen LogP contribution in [0.25, 0.3) is 0 Å². The van der Waals surface area contributed by atoms with Gasteiger partial charge in [0.05, 0.1) is 12.8 Å². The molecular formula is C22H28N2O3. The number of carbonyl (C=O) groups is 1. The van der Waals surface area contributed by atoms with Crippen LogP contribution in [0.15, 0.2) is 48.5 Å². The topological polar surface area (TPSA) is 53.0 Å². The third-order valence-electron chi connectivity index (χ3n) is 5.09. The van der Waals surface area contributed by atoms with Crippen LogP contribution in [0, 0.1) is 0 Å². The second kappa shape index (κ2) is 9.42. The largest absolute Gasteiger partial charge is 0.508 e. The Morgan fingerprint density at radius 1 is 1.04 bits per heavy atom. The number of benzene rings is 2. The predicted octanol–water partition coefficient (Wildman–Crippen LogP) is 3.58. The van der Waals surface area contributed by atoms with Crippen molar-refractivity contribution in [2.45, 2.75) is 19.3 Å². The van der Waals surface area contributed by atoms with Gasteiger partial charge in [0.25, 0.3) is 0 Å². The molecule has 0 aliphatic carbocycles. The van der Waals surface area contributed by atoms with Crippen LogP contribution in [-0.4, -0.2) is 55.6 Å². The Labute approximate surface area is 161 Å². The molecule has 2 aromatic carbocycles. The zero-order valence-electron chi connectivity index (χ0n) is 15.9. The van der Waals surface area contributed by atoms with Gasteiger partial charge in [0.15, 0.2) is 5.78 Å². The molecule has 1 aliphatic rings. The van der Waals surface area contributed by atoms with Crippen molar-refractivity contribution in [3.05, 3.63) is 54.1 Å². The van der Waals surface area contributed by atoms with Crippen molar-refractivity contribution < 1.29 is 14.6 Å². The summed E-state index contributed by atoms with van der Waals surface area (Å²) in [6.45, 7) is 5.05. The van der Waals surface area contributed by atoms with Crippen molar-refractivity contribution in [2.75, 3.05) is 44.7 Å². The lowest BCUT2D eigenvalue weighted by atomic mass is 10.1. The summed E-state index contributed by atoms with van der Waals surface area (Å²) in [7, 11) is 1.72. The number of anilines is 1. The third-order valence-corrected chi connectivity index (χ3v) is 5.09. The maximum absolute atomic E-state index is 12.2. The Kier molecular flexibility index (Phi) is 6.71. The van der Waals surface area contributed by atoms with Gasteiger partial charge in [0.2, 0.25) is 0 Å². The number of aromatic hydroxyl groups is 1. The highest BCUT2D eigenvalue weighted by Gasteiger charge is 2.19. The van der Waals surface area contributed by atoms with Crippen LogP contribution >= 0.6 is 0 Å². The summed E-state index contributed by atoms with van der Waals surface area (Å²) in [5.74, 6) is 1.18. The zero-order chi connectivity index (χ0) is 19.1. The molecule has 1 heterocycles. The summed E-state index contributed by atoms with van der Waals surface area (Å²) in [6, 6.07) is 14.8. The number of phenolic OH excluding ortho intramolecular Hbond substituents is 1. The van der Waals surface area contributed by atoms with Crippen LogP contribution in [0.4, 0.5) is 5.69 Å². The number of phenols is 1. The highest BCUT2D eigenvalue weighted by molar-refractivity contribution is 5.96. The number of hydrogen-bond donors (Lipinski definition) is 1. The molecule has 1 N–H and O–H groups in total. The van der Waals surface area contributed by atoms with Gasteiger partial charge >= 0.3 is 0 Å². The molecule has 5 heteroatoms. The van der Waals surface area contributed by atoms with Crippen molar-refractivity contribution in [1.29, 1.82) is 0 Å². The van der Waals surface area contributed by atoms with Gasteiger partial charge in [-0.05, 0) is 43.7 Å². The Morgan fingerprint density at radius 3 is 2.56 bits per heavy atom. The first-order chi connectivity index (χ1) is 13.2. The molecule has 0 aromatic heterocycles. The van der Waals surface area contributed by atoms with Crippen molar-refractivity contribution in [3.63, 3.8) is 0 Å². The van der Waals surface area contributed by atoms with Gasteiger partial charge < -0.3 is 14.7 Å². The number of para-hydroxylation sites is 2. The van der Waals surface area contributed by atoms with E-state index in [2.05, 4.69) is 15.9 Å². The molecule has 0 unspecified atom stereocenters.